The third-order valence-electron chi connectivity index (χ3n) is 2.80. The molecule has 0 bridgehead atoms. The zero-order valence-corrected chi connectivity index (χ0v) is 10.3. The van der Waals surface area contributed by atoms with E-state index in [9.17, 15) is 0 Å². The lowest BCUT2D eigenvalue weighted by Crippen LogP contribution is -1.84. The number of hydrogen-bond acceptors (Lipinski definition) is 0. The molecule has 0 aliphatic rings. The molecule has 0 aliphatic carbocycles. The fraction of sp³-hybridized carbons (Fsp3) is 0. The van der Waals surface area contributed by atoms with E-state index in [1.165, 1.54) is 5.56 Å². The number of rotatable bonds is 4. The molecule has 2 aromatic carbocycles. The Morgan fingerprint density at radius 2 is 1.56 bits per heavy atom. The van der Waals surface area contributed by atoms with Gasteiger partial charge in [0.1, 0.15) is 0 Å². The van der Waals surface area contributed by atoms with E-state index in [2.05, 4.69) is 37.4 Å². The molecule has 88 valence electrons. The zero-order chi connectivity index (χ0) is 12.8. The first-order valence-electron chi connectivity index (χ1n) is 5.95. The van der Waals surface area contributed by atoms with Crippen LogP contribution in [0.15, 0.2) is 73.8 Å². The van der Waals surface area contributed by atoms with Crippen molar-refractivity contribution in [3.8, 4) is 0 Å². The van der Waals surface area contributed by atoms with Crippen LogP contribution in [-0.2, 0) is 0 Å². The van der Waals surface area contributed by atoms with Gasteiger partial charge in [-0.15, -0.1) is 0 Å². The van der Waals surface area contributed by atoms with Gasteiger partial charge in [0, 0.05) is 0 Å². The molecule has 0 amide bonds. The lowest BCUT2D eigenvalue weighted by molar-refractivity contribution is 1.59. The van der Waals surface area contributed by atoms with Crippen LogP contribution in [0.1, 0.15) is 16.7 Å². The first-order chi connectivity index (χ1) is 8.81. The average Bonchev–Trinajstić information content (AvgIpc) is 2.45. The third kappa shape index (κ3) is 2.86. The van der Waals surface area contributed by atoms with Crippen molar-refractivity contribution in [3.05, 3.63) is 90.5 Å². The van der Waals surface area contributed by atoms with Gasteiger partial charge in [-0.2, -0.15) is 0 Å². The second kappa shape index (κ2) is 5.83. The van der Waals surface area contributed by atoms with Gasteiger partial charge in [0.2, 0.25) is 0 Å². The Balaban J connectivity index is 2.22. The summed E-state index contributed by atoms with van der Waals surface area (Å²) < 4.78 is 0. The molecule has 18 heavy (non-hydrogen) atoms. The average molecular weight is 232 g/mol. The molecule has 0 heteroatoms. The molecule has 0 fully saturated rings. The normalized spacial score (nSPS) is 10.4. The van der Waals surface area contributed by atoms with Gasteiger partial charge in [-0.05, 0) is 22.3 Å². The fourth-order valence-electron chi connectivity index (χ4n) is 1.82. The summed E-state index contributed by atoms with van der Waals surface area (Å²) in [5.74, 6) is 0. The smallest absolute Gasteiger partial charge is 0.0118 e. The predicted octanol–water partition coefficient (Wildman–Crippen LogP) is 5.06. The summed E-state index contributed by atoms with van der Waals surface area (Å²) in [6.07, 6.45) is 5.97. The first-order valence-corrected chi connectivity index (χ1v) is 5.95. The Morgan fingerprint density at radius 3 is 2.28 bits per heavy atom. The highest BCUT2D eigenvalue weighted by atomic mass is 14.0. The van der Waals surface area contributed by atoms with Crippen LogP contribution in [0.3, 0.4) is 0 Å². The highest BCUT2D eigenvalue weighted by Crippen LogP contribution is 2.20. The van der Waals surface area contributed by atoms with E-state index in [0.29, 0.717) is 0 Å². The van der Waals surface area contributed by atoms with Crippen molar-refractivity contribution in [1.29, 1.82) is 0 Å². The molecular formula is C18H16. The Bertz CT molecular complexity index is 574. The van der Waals surface area contributed by atoms with E-state index >= 15 is 0 Å². The molecule has 2 aromatic rings. The molecule has 0 atom stereocenters. The molecule has 0 N–H and O–H groups in total. The lowest BCUT2D eigenvalue weighted by Gasteiger charge is -2.05. The van der Waals surface area contributed by atoms with E-state index in [1.807, 2.05) is 48.6 Å². The van der Waals surface area contributed by atoms with Crippen LogP contribution >= 0.6 is 0 Å². The molecular weight excluding hydrogens is 216 g/mol. The zero-order valence-electron chi connectivity index (χ0n) is 10.3. The van der Waals surface area contributed by atoms with Crippen LogP contribution < -0.4 is 0 Å². The first kappa shape index (κ1) is 12.1. The van der Waals surface area contributed by atoms with Crippen molar-refractivity contribution >= 4 is 17.7 Å². The maximum atomic E-state index is 4.11. The standard InChI is InChI=1S/C18H16/c1-3-17-11-7-8-12-18(17)15(2)13-14-16-9-5-4-6-10-16/h3-14H,1-2H2/b14-13+. The van der Waals surface area contributed by atoms with Crippen molar-refractivity contribution in [1.82, 2.24) is 0 Å². The van der Waals surface area contributed by atoms with E-state index in [0.717, 1.165) is 16.7 Å². The quantitative estimate of drug-likeness (QED) is 0.647. The molecule has 0 nitrogen and oxygen atoms in total. The topological polar surface area (TPSA) is 0 Å². The van der Waals surface area contributed by atoms with Crippen molar-refractivity contribution in [2.75, 3.05) is 0 Å². The van der Waals surface area contributed by atoms with Gasteiger partial charge in [0.15, 0.2) is 0 Å². The second-order valence-electron chi connectivity index (χ2n) is 4.06. The summed E-state index contributed by atoms with van der Waals surface area (Å²) in [6, 6.07) is 18.4. The van der Waals surface area contributed by atoms with E-state index in [1.54, 1.807) is 0 Å². The van der Waals surface area contributed by atoms with Crippen LogP contribution in [0, 0.1) is 0 Å². The van der Waals surface area contributed by atoms with Crippen molar-refractivity contribution in [3.63, 3.8) is 0 Å². The van der Waals surface area contributed by atoms with Crippen LogP contribution in [-0.4, -0.2) is 0 Å². The van der Waals surface area contributed by atoms with Gasteiger partial charge in [-0.25, -0.2) is 0 Å². The summed E-state index contributed by atoms with van der Waals surface area (Å²) >= 11 is 0. The summed E-state index contributed by atoms with van der Waals surface area (Å²) in [7, 11) is 0. The van der Waals surface area contributed by atoms with Gasteiger partial charge >= 0.3 is 0 Å². The minimum atomic E-state index is 0.995. The van der Waals surface area contributed by atoms with Gasteiger partial charge in [0.05, 0.1) is 0 Å². The summed E-state index contributed by atoms with van der Waals surface area (Å²) in [4.78, 5) is 0. The SMILES string of the molecule is C=Cc1ccccc1C(=C)/C=C/c1ccccc1. The maximum Gasteiger partial charge on any atom is -0.0118 e. The molecule has 0 spiro atoms. The van der Waals surface area contributed by atoms with E-state index in [4.69, 9.17) is 0 Å². The molecule has 0 aromatic heterocycles. The van der Waals surface area contributed by atoms with Gasteiger partial charge < -0.3 is 0 Å². The van der Waals surface area contributed by atoms with Crippen molar-refractivity contribution < 1.29 is 0 Å². The van der Waals surface area contributed by atoms with Gasteiger partial charge in [-0.1, -0.05) is 86.0 Å². The second-order valence-corrected chi connectivity index (χ2v) is 4.06. The Hall–Kier alpha value is -2.34. The highest BCUT2D eigenvalue weighted by molar-refractivity contribution is 5.81. The molecule has 0 saturated heterocycles. The van der Waals surface area contributed by atoms with Crippen LogP contribution in [0.25, 0.3) is 17.7 Å². The minimum absolute atomic E-state index is 0.995. The molecule has 0 unspecified atom stereocenters. The third-order valence-corrected chi connectivity index (χ3v) is 2.80. The Kier molecular flexibility index (Phi) is 3.93. The maximum absolute atomic E-state index is 4.11. The van der Waals surface area contributed by atoms with Crippen molar-refractivity contribution in [2.24, 2.45) is 0 Å². The highest BCUT2D eigenvalue weighted by Gasteiger charge is 1.99. The lowest BCUT2D eigenvalue weighted by atomic mass is 10.00. The predicted molar refractivity (Wildman–Crippen MR) is 81.0 cm³/mol. The van der Waals surface area contributed by atoms with Crippen LogP contribution in [0.4, 0.5) is 0 Å². The number of allylic oxidation sites excluding steroid dienone is 2. The van der Waals surface area contributed by atoms with E-state index < -0.39 is 0 Å². The van der Waals surface area contributed by atoms with Crippen LogP contribution in [0.2, 0.25) is 0 Å². The molecule has 0 aliphatic heterocycles. The summed E-state index contributed by atoms with van der Waals surface area (Å²) in [5, 5.41) is 0. The Labute approximate surface area is 109 Å². The summed E-state index contributed by atoms with van der Waals surface area (Å²) in [6.45, 7) is 7.94. The van der Waals surface area contributed by atoms with E-state index in [-0.39, 0.29) is 0 Å². The molecule has 0 saturated carbocycles. The molecule has 0 heterocycles. The van der Waals surface area contributed by atoms with Gasteiger partial charge in [0.25, 0.3) is 0 Å². The minimum Gasteiger partial charge on any atom is -0.0984 e. The van der Waals surface area contributed by atoms with Crippen molar-refractivity contribution in [2.45, 2.75) is 0 Å². The molecule has 0 radical (unpaired) electrons. The van der Waals surface area contributed by atoms with Gasteiger partial charge in [-0.3, -0.25) is 0 Å². The van der Waals surface area contributed by atoms with Crippen LogP contribution in [0.5, 0.6) is 0 Å². The number of benzene rings is 2. The fourth-order valence-corrected chi connectivity index (χ4v) is 1.82. The Morgan fingerprint density at radius 1 is 0.889 bits per heavy atom. The molecule has 2 rings (SSSR count). The summed E-state index contributed by atoms with van der Waals surface area (Å²) in [5.41, 5.74) is 4.41. The number of hydrogen-bond donors (Lipinski definition) is 0. The monoisotopic (exact) mass is 232 g/mol. The largest absolute Gasteiger partial charge is 0.0984 e.